The summed E-state index contributed by atoms with van der Waals surface area (Å²) in [6.07, 6.45) is 0.641. The van der Waals surface area contributed by atoms with Gasteiger partial charge >= 0.3 is 6.03 Å². The van der Waals surface area contributed by atoms with Crippen molar-refractivity contribution in [3.05, 3.63) is 0 Å². The number of nitrogens with zero attached hydrogens (tertiary/aromatic N) is 1. The van der Waals surface area contributed by atoms with Gasteiger partial charge < -0.3 is 4.90 Å². The Morgan fingerprint density at radius 2 is 2.44 bits per heavy atom. The predicted molar refractivity (Wildman–Crippen MR) is 33.5 cm³/mol. The molecule has 0 aliphatic carbocycles. The maximum absolute atomic E-state index is 10.7. The smallest absolute Gasteiger partial charge is 0.322 e. The number of nitrogens with one attached hydrogen (secondary N) is 2. The van der Waals surface area contributed by atoms with Gasteiger partial charge in [-0.15, -0.1) is 0 Å². The molecule has 4 heteroatoms. The highest BCUT2D eigenvalue weighted by Crippen LogP contribution is 1.95. The summed E-state index contributed by atoms with van der Waals surface area (Å²) in [4.78, 5) is 12.2. The van der Waals surface area contributed by atoms with Gasteiger partial charge in [-0.05, 0) is 0 Å². The molecule has 0 aromatic heterocycles. The largest absolute Gasteiger partial charge is 0.327 e. The van der Waals surface area contributed by atoms with Gasteiger partial charge in [0.05, 0.1) is 0 Å². The van der Waals surface area contributed by atoms with Crippen LogP contribution >= 0.6 is 0 Å². The number of hydrogen-bond acceptors (Lipinski definition) is 2. The molecule has 0 unspecified atom stereocenters. The number of amidine groups is 1. The Morgan fingerprint density at radius 1 is 1.78 bits per heavy atom. The van der Waals surface area contributed by atoms with Gasteiger partial charge in [-0.2, -0.15) is 0 Å². The topological polar surface area (TPSA) is 56.2 Å². The second-order valence-corrected chi connectivity index (χ2v) is 2.08. The van der Waals surface area contributed by atoms with Crippen LogP contribution in [0.3, 0.4) is 0 Å². The van der Waals surface area contributed by atoms with E-state index in [1.165, 1.54) is 0 Å². The van der Waals surface area contributed by atoms with Crippen LogP contribution in [-0.2, 0) is 0 Å². The Balaban J connectivity index is 2.54. The van der Waals surface area contributed by atoms with E-state index in [0.717, 1.165) is 0 Å². The minimum absolute atomic E-state index is 0.175. The Kier molecular flexibility index (Phi) is 1.38. The summed E-state index contributed by atoms with van der Waals surface area (Å²) in [5.74, 6) is 0.318. The molecule has 0 bridgehead atoms. The van der Waals surface area contributed by atoms with Crippen LogP contribution in [0.4, 0.5) is 4.79 Å². The number of urea groups is 1. The Labute approximate surface area is 53.3 Å². The lowest BCUT2D eigenvalue weighted by molar-refractivity contribution is 0.211. The summed E-state index contributed by atoms with van der Waals surface area (Å²) >= 11 is 0. The number of amides is 2. The van der Waals surface area contributed by atoms with Crippen molar-refractivity contribution in [1.29, 1.82) is 5.41 Å². The van der Waals surface area contributed by atoms with E-state index in [1.807, 2.05) is 0 Å². The van der Waals surface area contributed by atoms with Crippen molar-refractivity contribution in [3.8, 4) is 0 Å². The van der Waals surface area contributed by atoms with Crippen molar-refractivity contribution in [2.75, 3.05) is 13.6 Å². The second kappa shape index (κ2) is 2.05. The molecule has 0 saturated carbocycles. The third-order valence-electron chi connectivity index (χ3n) is 1.30. The van der Waals surface area contributed by atoms with E-state index in [-0.39, 0.29) is 6.03 Å². The second-order valence-electron chi connectivity index (χ2n) is 2.08. The molecular formula is C5H9N3O. The van der Waals surface area contributed by atoms with E-state index in [1.54, 1.807) is 11.9 Å². The van der Waals surface area contributed by atoms with Crippen LogP contribution in [0.15, 0.2) is 0 Å². The molecule has 1 saturated heterocycles. The fraction of sp³-hybridized carbons (Fsp3) is 0.600. The SMILES string of the molecule is CN1CCC(=N)NC1=O. The quantitative estimate of drug-likeness (QED) is 0.473. The van der Waals surface area contributed by atoms with Gasteiger partial charge in [0.25, 0.3) is 0 Å². The monoisotopic (exact) mass is 127 g/mol. The van der Waals surface area contributed by atoms with Gasteiger partial charge in [0.2, 0.25) is 0 Å². The molecule has 9 heavy (non-hydrogen) atoms. The molecule has 2 N–H and O–H groups in total. The number of rotatable bonds is 0. The normalized spacial score (nSPS) is 19.9. The molecule has 0 atom stereocenters. The zero-order chi connectivity index (χ0) is 6.85. The van der Waals surface area contributed by atoms with E-state index in [2.05, 4.69) is 5.32 Å². The van der Waals surface area contributed by atoms with Crippen LogP contribution in [0.25, 0.3) is 0 Å². The first-order valence-electron chi connectivity index (χ1n) is 2.79. The van der Waals surface area contributed by atoms with Crippen molar-refractivity contribution in [2.45, 2.75) is 6.42 Å². The molecule has 1 aliphatic heterocycles. The number of carbonyl (C=O) groups excluding carboxylic acids is 1. The lowest BCUT2D eigenvalue weighted by Crippen LogP contribution is -2.46. The van der Waals surface area contributed by atoms with E-state index < -0.39 is 0 Å². The first-order chi connectivity index (χ1) is 4.20. The van der Waals surface area contributed by atoms with Gasteiger partial charge in [0.1, 0.15) is 5.84 Å². The van der Waals surface area contributed by atoms with Crippen LogP contribution in [0.2, 0.25) is 0 Å². The molecule has 50 valence electrons. The molecule has 0 spiro atoms. The van der Waals surface area contributed by atoms with Gasteiger partial charge in [0, 0.05) is 20.0 Å². The third kappa shape index (κ3) is 1.19. The van der Waals surface area contributed by atoms with Crippen molar-refractivity contribution in [1.82, 2.24) is 10.2 Å². The van der Waals surface area contributed by atoms with Crippen LogP contribution in [0, 0.1) is 5.41 Å². The fourth-order valence-corrected chi connectivity index (χ4v) is 0.668. The minimum atomic E-state index is -0.175. The highest BCUT2D eigenvalue weighted by molar-refractivity contribution is 5.97. The van der Waals surface area contributed by atoms with Crippen LogP contribution in [-0.4, -0.2) is 30.4 Å². The van der Waals surface area contributed by atoms with Crippen molar-refractivity contribution in [3.63, 3.8) is 0 Å². The van der Waals surface area contributed by atoms with E-state index in [9.17, 15) is 4.79 Å². The average Bonchev–Trinajstić information content (AvgIpc) is 1.80. The highest BCUT2D eigenvalue weighted by Gasteiger charge is 2.15. The average molecular weight is 127 g/mol. The van der Waals surface area contributed by atoms with Gasteiger partial charge in [-0.25, -0.2) is 4.79 Å². The maximum Gasteiger partial charge on any atom is 0.322 e. The van der Waals surface area contributed by atoms with E-state index >= 15 is 0 Å². The van der Waals surface area contributed by atoms with Gasteiger partial charge in [-0.3, -0.25) is 10.7 Å². The lowest BCUT2D eigenvalue weighted by Gasteiger charge is -2.23. The maximum atomic E-state index is 10.7. The first-order valence-corrected chi connectivity index (χ1v) is 2.79. The Hall–Kier alpha value is -1.06. The summed E-state index contributed by atoms with van der Waals surface area (Å²) in [6.45, 7) is 0.657. The van der Waals surface area contributed by atoms with Crippen molar-refractivity contribution in [2.24, 2.45) is 0 Å². The molecular weight excluding hydrogens is 118 g/mol. The van der Waals surface area contributed by atoms with Crippen LogP contribution in [0.1, 0.15) is 6.42 Å². The van der Waals surface area contributed by atoms with E-state index in [0.29, 0.717) is 18.8 Å². The molecule has 1 fully saturated rings. The molecule has 1 heterocycles. The van der Waals surface area contributed by atoms with Crippen molar-refractivity contribution >= 4 is 11.9 Å². The predicted octanol–water partition coefficient (Wildman–Crippen LogP) is 0.00877. The zero-order valence-electron chi connectivity index (χ0n) is 5.27. The molecule has 0 radical (unpaired) electrons. The van der Waals surface area contributed by atoms with Crippen molar-refractivity contribution < 1.29 is 4.79 Å². The standard InChI is InChI=1S/C5H9N3O/c1-8-3-2-4(6)7-5(8)9/h2-3H2,1H3,(H2,6,7,9). The zero-order valence-corrected chi connectivity index (χ0v) is 5.27. The molecule has 2 amide bonds. The van der Waals surface area contributed by atoms with E-state index in [4.69, 9.17) is 5.41 Å². The Morgan fingerprint density at radius 3 is 2.89 bits per heavy atom. The lowest BCUT2D eigenvalue weighted by atomic mass is 10.3. The van der Waals surface area contributed by atoms with Gasteiger partial charge in [-0.1, -0.05) is 0 Å². The Bertz CT molecular complexity index is 154. The summed E-state index contributed by atoms with van der Waals surface area (Å²) in [5, 5.41) is 9.45. The van der Waals surface area contributed by atoms with Crippen LogP contribution in [0.5, 0.6) is 0 Å². The molecule has 1 aliphatic rings. The summed E-state index contributed by atoms with van der Waals surface area (Å²) in [7, 11) is 1.71. The molecule has 1 rings (SSSR count). The molecule has 0 aromatic carbocycles. The fourth-order valence-electron chi connectivity index (χ4n) is 0.668. The minimum Gasteiger partial charge on any atom is -0.327 e. The summed E-state index contributed by atoms with van der Waals surface area (Å²) < 4.78 is 0. The summed E-state index contributed by atoms with van der Waals surface area (Å²) in [5.41, 5.74) is 0. The first kappa shape index (κ1) is 6.07. The number of hydrogen-bond donors (Lipinski definition) is 2. The van der Waals surface area contributed by atoms with Gasteiger partial charge in [0.15, 0.2) is 0 Å². The number of carbonyl (C=O) groups is 1. The third-order valence-corrected chi connectivity index (χ3v) is 1.30. The van der Waals surface area contributed by atoms with Crippen LogP contribution < -0.4 is 5.32 Å². The highest BCUT2D eigenvalue weighted by atomic mass is 16.2. The summed E-state index contributed by atoms with van der Waals surface area (Å²) in [6, 6.07) is -0.175. The molecule has 4 nitrogen and oxygen atoms in total. The molecule has 0 aromatic rings.